The molecule has 7 heteroatoms. The van der Waals surface area contributed by atoms with Gasteiger partial charge in [0.2, 0.25) is 0 Å². The van der Waals surface area contributed by atoms with E-state index < -0.39 is 30.1 Å². The molecule has 0 heterocycles. The lowest BCUT2D eigenvalue weighted by Crippen LogP contribution is -2.14. The lowest BCUT2D eigenvalue weighted by molar-refractivity contribution is 0.264. The van der Waals surface area contributed by atoms with E-state index in [1.165, 1.54) is 0 Å². The van der Waals surface area contributed by atoms with Crippen LogP contribution in [-0.2, 0) is 6.42 Å². The summed E-state index contributed by atoms with van der Waals surface area (Å²) in [5.74, 6) is -3.41. The van der Waals surface area contributed by atoms with Crippen molar-refractivity contribution in [3.63, 3.8) is 0 Å². The molecule has 0 fully saturated rings. The monoisotopic (exact) mass is 231 g/mol. The third-order valence-corrected chi connectivity index (χ3v) is 1.97. The van der Waals surface area contributed by atoms with E-state index in [0.29, 0.717) is 12.1 Å². The smallest absolute Gasteiger partial charge is 0.161 e. The van der Waals surface area contributed by atoms with Crippen LogP contribution in [0.25, 0.3) is 10.4 Å². The van der Waals surface area contributed by atoms with E-state index in [4.69, 9.17) is 10.6 Å². The molecule has 86 valence electrons. The summed E-state index contributed by atoms with van der Waals surface area (Å²) in [6.45, 7) is -0.498. The molecule has 16 heavy (non-hydrogen) atoms. The van der Waals surface area contributed by atoms with Crippen LogP contribution in [0.5, 0.6) is 0 Å². The number of benzene rings is 1. The molecular weight excluding hydrogens is 223 g/mol. The summed E-state index contributed by atoms with van der Waals surface area (Å²) in [7, 11) is 0. The molecular formula is C9H8F3N3O. The van der Waals surface area contributed by atoms with Crippen LogP contribution in [-0.4, -0.2) is 17.8 Å². The number of aliphatic hydroxyl groups excluding tert-OH is 1. The second-order valence-corrected chi connectivity index (χ2v) is 3.10. The molecule has 0 aromatic heterocycles. The Labute approximate surface area is 89.0 Å². The molecule has 1 rings (SSSR count). The average molecular weight is 231 g/mol. The summed E-state index contributed by atoms with van der Waals surface area (Å²) in [6, 6.07) is 0.194. The summed E-state index contributed by atoms with van der Waals surface area (Å²) in [6.07, 6.45) is -0.191. The second kappa shape index (κ2) is 5.39. The van der Waals surface area contributed by atoms with Crippen molar-refractivity contribution in [2.45, 2.75) is 12.5 Å². The zero-order chi connectivity index (χ0) is 12.1. The molecule has 0 radical (unpaired) electrons. The molecule has 1 aromatic rings. The minimum absolute atomic E-state index is 0.148. The molecule has 1 aromatic carbocycles. The van der Waals surface area contributed by atoms with E-state index in [9.17, 15) is 13.2 Å². The fraction of sp³-hybridized carbons (Fsp3) is 0.333. The Morgan fingerprint density at radius 3 is 2.44 bits per heavy atom. The van der Waals surface area contributed by atoms with Gasteiger partial charge < -0.3 is 5.11 Å². The van der Waals surface area contributed by atoms with Crippen LogP contribution in [0.15, 0.2) is 17.2 Å². The van der Waals surface area contributed by atoms with E-state index in [1.807, 2.05) is 0 Å². The average Bonchev–Trinajstić information content (AvgIpc) is 2.25. The fourth-order valence-corrected chi connectivity index (χ4v) is 1.19. The van der Waals surface area contributed by atoms with Gasteiger partial charge in [-0.05, 0) is 23.6 Å². The van der Waals surface area contributed by atoms with Crippen molar-refractivity contribution in [2.24, 2.45) is 5.11 Å². The third kappa shape index (κ3) is 2.88. The predicted octanol–water partition coefficient (Wildman–Crippen LogP) is 2.32. The summed E-state index contributed by atoms with van der Waals surface area (Å²) in [5, 5.41) is 12.0. The maximum Gasteiger partial charge on any atom is 0.161 e. The van der Waals surface area contributed by atoms with E-state index in [-0.39, 0.29) is 12.0 Å². The Morgan fingerprint density at radius 1 is 1.25 bits per heavy atom. The lowest BCUT2D eigenvalue weighted by Gasteiger charge is -2.08. The standard InChI is InChI=1S/C9H8F3N3O/c10-7-3-9(12)8(11)2-5(7)1-6(4-16)14-15-13/h2-3,6,16H,1,4H2. The molecule has 0 saturated heterocycles. The zero-order valence-electron chi connectivity index (χ0n) is 8.07. The van der Waals surface area contributed by atoms with Crippen LogP contribution in [0, 0.1) is 17.5 Å². The molecule has 1 atom stereocenters. The summed E-state index contributed by atoms with van der Waals surface area (Å²) in [5.41, 5.74) is 7.99. The largest absolute Gasteiger partial charge is 0.396 e. The fourth-order valence-electron chi connectivity index (χ4n) is 1.19. The summed E-state index contributed by atoms with van der Waals surface area (Å²) >= 11 is 0. The number of hydrogen-bond donors (Lipinski definition) is 1. The Balaban J connectivity index is 2.96. The summed E-state index contributed by atoms with van der Waals surface area (Å²) in [4.78, 5) is 2.45. The lowest BCUT2D eigenvalue weighted by atomic mass is 10.1. The quantitative estimate of drug-likeness (QED) is 0.367. The van der Waals surface area contributed by atoms with Gasteiger partial charge in [0.15, 0.2) is 11.6 Å². The molecule has 0 saturated carbocycles. The number of rotatable bonds is 4. The second-order valence-electron chi connectivity index (χ2n) is 3.10. The van der Waals surface area contributed by atoms with Crippen molar-refractivity contribution in [2.75, 3.05) is 6.61 Å². The van der Waals surface area contributed by atoms with Crippen molar-refractivity contribution in [3.05, 3.63) is 45.6 Å². The van der Waals surface area contributed by atoms with Crippen LogP contribution in [0.1, 0.15) is 5.56 Å². The molecule has 0 aliphatic carbocycles. The molecule has 0 aliphatic heterocycles. The maximum absolute atomic E-state index is 13.1. The number of azide groups is 1. The first kappa shape index (κ1) is 12.4. The van der Waals surface area contributed by atoms with Gasteiger partial charge in [0.25, 0.3) is 0 Å². The number of nitrogens with zero attached hydrogens (tertiary/aromatic N) is 3. The van der Waals surface area contributed by atoms with Crippen LogP contribution < -0.4 is 0 Å². The molecule has 0 spiro atoms. The number of halogens is 3. The number of aliphatic hydroxyl groups is 1. The normalized spacial score (nSPS) is 12.0. The van der Waals surface area contributed by atoms with Crippen molar-refractivity contribution in [1.29, 1.82) is 0 Å². The molecule has 1 unspecified atom stereocenters. The highest BCUT2D eigenvalue weighted by Crippen LogP contribution is 2.16. The van der Waals surface area contributed by atoms with E-state index in [0.717, 1.165) is 0 Å². The van der Waals surface area contributed by atoms with Gasteiger partial charge in [-0.15, -0.1) is 0 Å². The van der Waals surface area contributed by atoms with Gasteiger partial charge >= 0.3 is 0 Å². The van der Waals surface area contributed by atoms with Gasteiger partial charge in [-0.1, -0.05) is 5.11 Å². The maximum atomic E-state index is 13.1. The molecule has 4 nitrogen and oxygen atoms in total. The van der Waals surface area contributed by atoms with Crippen molar-refractivity contribution in [1.82, 2.24) is 0 Å². The topological polar surface area (TPSA) is 69.0 Å². The number of hydrogen-bond acceptors (Lipinski definition) is 2. The van der Waals surface area contributed by atoms with E-state index >= 15 is 0 Å². The molecule has 0 aliphatic rings. The highest BCUT2D eigenvalue weighted by molar-refractivity contribution is 5.21. The predicted molar refractivity (Wildman–Crippen MR) is 50.0 cm³/mol. The van der Waals surface area contributed by atoms with Crippen LogP contribution in [0.2, 0.25) is 0 Å². The third-order valence-electron chi connectivity index (χ3n) is 1.97. The molecule has 0 bridgehead atoms. The zero-order valence-corrected chi connectivity index (χ0v) is 8.07. The van der Waals surface area contributed by atoms with Gasteiger partial charge in [0, 0.05) is 11.0 Å². The van der Waals surface area contributed by atoms with Crippen molar-refractivity contribution < 1.29 is 18.3 Å². The van der Waals surface area contributed by atoms with Crippen LogP contribution >= 0.6 is 0 Å². The minimum atomic E-state index is -1.29. The highest BCUT2D eigenvalue weighted by atomic mass is 19.2. The Morgan fingerprint density at radius 2 is 1.88 bits per heavy atom. The van der Waals surface area contributed by atoms with E-state index in [2.05, 4.69) is 10.0 Å². The van der Waals surface area contributed by atoms with Gasteiger partial charge in [-0.25, -0.2) is 13.2 Å². The molecule has 0 amide bonds. The van der Waals surface area contributed by atoms with Gasteiger partial charge in [0.05, 0.1) is 12.6 Å². The Bertz CT molecular complexity index is 432. The molecule has 1 N–H and O–H groups in total. The van der Waals surface area contributed by atoms with Crippen LogP contribution in [0.4, 0.5) is 13.2 Å². The van der Waals surface area contributed by atoms with Crippen molar-refractivity contribution >= 4 is 0 Å². The van der Waals surface area contributed by atoms with E-state index in [1.54, 1.807) is 0 Å². The SMILES string of the molecule is [N-]=[N+]=NC(CO)Cc1cc(F)c(F)cc1F. The van der Waals surface area contributed by atoms with Gasteiger partial charge in [0.1, 0.15) is 5.82 Å². The minimum Gasteiger partial charge on any atom is -0.396 e. The summed E-state index contributed by atoms with van der Waals surface area (Å²) < 4.78 is 38.5. The van der Waals surface area contributed by atoms with Crippen molar-refractivity contribution in [3.8, 4) is 0 Å². The first-order valence-electron chi connectivity index (χ1n) is 4.37. The van der Waals surface area contributed by atoms with Gasteiger partial charge in [-0.3, -0.25) is 0 Å². The first-order chi connectivity index (χ1) is 7.58. The Hall–Kier alpha value is -1.72. The highest BCUT2D eigenvalue weighted by Gasteiger charge is 2.13. The van der Waals surface area contributed by atoms with Gasteiger partial charge in [-0.2, -0.15) is 0 Å². The Kier molecular flexibility index (Phi) is 4.16. The first-order valence-corrected chi connectivity index (χ1v) is 4.37. The van der Waals surface area contributed by atoms with Crippen LogP contribution in [0.3, 0.4) is 0 Å².